The second-order valence-electron chi connectivity index (χ2n) is 7.05. The van der Waals surface area contributed by atoms with E-state index in [1.165, 1.54) is 6.42 Å². The highest BCUT2D eigenvalue weighted by molar-refractivity contribution is 5.79. The van der Waals surface area contributed by atoms with Gasteiger partial charge >= 0.3 is 0 Å². The van der Waals surface area contributed by atoms with Crippen molar-refractivity contribution < 1.29 is 4.74 Å². The molecule has 0 bridgehead atoms. The van der Waals surface area contributed by atoms with Crippen LogP contribution < -0.4 is 15.4 Å². The largest absolute Gasteiger partial charge is 0.497 e. The Bertz CT molecular complexity index is 721. The smallest absolute Gasteiger partial charge is 0.191 e. The van der Waals surface area contributed by atoms with E-state index in [1.807, 2.05) is 42.8 Å². The van der Waals surface area contributed by atoms with E-state index in [0.29, 0.717) is 19.0 Å². The predicted octanol–water partition coefficient (Wildman–Crippen LogP) is 2.80. The van der Waals surface area contributed by atoms with Crippen molar-refractivity contribution in [1.82, 2.24) is 25.4 Å². The highest BCUT2D eigenvalue weighted by atomic mass is 16.5. The monoisotopic (exact) mass is 372 g/mol. The summed E-state index contributed by atoms with van der Waals surface area (Å²) in [6, 6.07) is 7.97. The molecule has 1 aromatic heterocycles. The van der Waals surface area contributed by atoms with Crippen LogP contribution in [0.4, 0.5) is 0 Å². The first-order valence-electron chi connectivity index (χ1n) is 9.49. The summed E-state index contributed by atoms with van der Waals surface area (Å²) in [4.78, 5) is 4.71. The zero-order valence-corrected chi connectivity index (χ0v) is 17.1. The van der Waals surface area contributed by atoms with Gasteiger partial charge in [0.1, 0.15) is 11.6 Å². The van der Waals surface area contributed by atoms with Crippen LogP contribution in [0.5, 0.6) is 5.75 Å². The summed E-state index contributed by atoms with van der Waals surface area (Å²) in [5, 5.41) is 15.1. The third kappa shape index (κ3) is 6.92. The van der Waals surface area contributed by atoms with Gasteiger partial charge in [0.15, 0.2) is 11.8 Å². The molecule has 27 heavy (non-hydrogen) atoms. The Morgan fingerprint density at radius 3 is 2.52 bits per heavy atom. The molecule has 1 aromatic carbocycles. The maximum Gasteiger partial charge on any atom is 0.191 e. The van der Waals surface area contributed by atoms with Gasteiger partial charge in [0.2, 0.25) is 0 Å². The molecule has 0 atom stereocenters. The van der Waals surface area contributed by atoms with Crippen molar-refractivity contribution in [1.29, 1.82) is 0 Å². The third-order valence-electron chi connectivity index (χ3n) is 4.43. The van der Waals surface area contributed by atoms with Gasteiger partial charge in [-0.15, -0.1) is 10.2 Å². The number of nitrogens with one attached hydrogen (secondary N) is 2. The molecule has 0 fully saturated rings. The highest BCUT2D eigenvalue weighted by Gasteiger charge is 2.06. The first-order valence-corrected chi connectivity index (χ1v) is 9.49. The van der Waals surface area contributed by atoms with Crippen LogP contribution in [0.15, 0.2) is 29.3 Å². The molecule has 7 nitrogen and oxygen atoms in total. The molecule has 2 rings (SSSR count). The fourth-order valence-electron chi connectivity index (χ4n) is 2.56. The number of aryl methyl sites for hydroxylation is 1. The summed E-state index contributed by atoms with van der Waals surface area (Å²) >= 11 is 0. The number of ether oxygens (including phenoxy) is 1. The van der Waals surface area contributed by atoms with E-state index < -0.39 is 0 Å². The van der Waals surface area contributed by atoms with Gasteiger partial charge in [0.25, 0.3) is 0 Å². The van der Waals surface area contributed by atoms with E-state index in [1.54, 1.807) is 7.11 Å². The number of rotatable bonds is 9. The van der Waals surface area contributed by atoms with Crippen molar-refractivity contribution in [3.63, 3.8) is 0 Å². The van der Waals surface area contributed by atoms with Crippen molar-refractivity contribution in [2.75, 3.05) is 13.7 Å². The van der Waals surface area contributed by atoms with Gasteiger partial charge in [-0.2, -0.15) is 0 Å². The zero-order chi connectivity index (χ0) is 19.6. The number of aromatic nitrogens is 3. The average molecular weight is 373 g/mol. The van der Waals surface area contributed by atoms with Gasteiger partial charge in [-0.1, -0.05) is 26.0 Å². The normalized spacial score (nSPS) is 11.7. The maximum atomic E-state index is 5.20. The van der Waals surface area contributed by atoms with Gasteiger partial charge in [0, 0.05) is 13.6 Å². The second-order valence-corrected chi connectivity index (χ2v) is 7.05. The molecule has 0 aliphatic heterocycles. The van der Waals surface area contributed by atoms with Crippen LogP contribution in [0.3, 0.4) is 0 Å². The molecule has 1 heterocycles. The number of hydrogen-bond acceptors (Lipinski definition) is 4. The third-order valence-corrected chi connectivity index (χ3v) is 4.43. The van der Waals surface area contributed by atoms with E-state index >= 15 is 0 Å². The Kier molecular flexibility index (Phi) is 8.10. The lowest BCUT2D eigenvalue weighted by Crippen LogP contribution is -2.38. The molecule has 0 radical (unpaired) electrons. The topological polar surface area (TPSA) is 76.4 Å². The molecule has 148 valence electrons. The molecular formula is C20H32N6O. The lowest BCUT2D eigenvalue weighted by molar-refractivity contribution is 0.414. The first-order chi connectivity index (χ1) is 13.0. The van der Waals surface area contributed by atoms with E-state index in [9.17, 15) is 0 Å². The van der Waals surface area contributed by atoms with Crippen molar-refractivity contribution in [2.24, 2.45) is 18.0 Å². The van der Waals surface area contributed by atoms with Crippen LogP contribution in [0.2, 0.25) is 0 Å². The molecule has 0 aliphatic rings. The summed E-state index contributed by atoms with van der Waals surface area (Å²) in [5.74, 6) is 4.13. The summed E-state index contributed by atoms with van der Waals surface area (Å²) in [5.41, 5.74) is 1.13. The average Bonchev–Trinajstić information content (AvgIpc) is 2.99. The van der Waals surface area contributed by atoms with Gasteiger partial charge in [0.05, 0.1) is 20.2 Å². The Morgan fingerprint density at radius 2 is 1.93 bits per heavy atom. The minimum Gasteiger partial charge on any atom is -0.497 e. The van der Waals surface area contributed by atoms with Gasteiger partial charge in [-0.05, 0) is 43.4 Å². The molecule has 0 saturated carbocycles. The Hall–Kier alpha value is -2.57. The van der Waals surface area contributed by atoms with E-state index in [2.05, 4.69) is 34.7 Å². The van der Waals surface area contributed by atoms with Crippen molar-refractivity contribution in [3.8, 4) is 5.75 Å². The van der Waals surface area contributed by atoms with Crippen molar-refractivity contribution >= 4 is 5.96 Å². The van der Waals surface area contributed by atoms with Gasteiger partial charge in [-0.25, -0.2) is 4.99 Å². The first kappa shape index (κ1) is 20.7. The fraction of sp³-hybridized carbons (Fsp3) is 0.550. The van der Waals surface area contributed by atoms with Crippen LogP contribution in [-0.2, 0) is 20.1 Å². The van der Waals surface area contributed by atoms with E-state index in [0.717, 1.165) is 41.9 Å². The number of aliphatic imine (C=N–C) groups is 1. The molecular weight excluding hydrogens is 340 g/mol. The van der Waals surface area contributed by atoms with E-state index in [-0.39, 0.29) is 0 Å². The van der Waals surface area contributed by atoms with Crippen LogP contribution in [-0.4, -0.2) is 34.4 Å². The van der Waals surface area contributed by atoms with Crippen LogP contribution in [0.1, 0.15) is 43.9 Å². The molecule has 2 aromatic rings. The lowest BCUT2D eigenvalue weighted by Gasteiger charge is -2.13. The number of methoxy groups -OCH3 is 1. The number of benzene rings is 1. The molecule has 0 saturated heterocycles. The molecule has 0 aliphatic carbocycles. The molecule has 2 N–H and O–H groups in total. The number of guanidine groups is 1. The van der Waals surface area contributed by atoms with Gasteiger partial charge < -0.3 is 19.9 Å². The summed E-state index contributed by atoms with van der Waals surface area (Å²) in [7, 11) is 3.64. The summed E-state index contributed by atoms with van der Waals surface area (Å²) in [6.07, 6.45) is 2.31. The molecule has 0 spiro atoms. The van der Waals surface area contributed by atoms with Crippen molar-refractivity contribution in [3.05, 3.63) is 41.5 Å². The lowest BCUT2D eigenvalue weighted by atomic mass is 10.1. The summed E-state index contributed by atoms with van der Waals surface area (Å²) in [6.45, 7) is 8.50. The van der Waals surface area contributed by atoms with Gasteiger partial charge in [-0.3, -0.25) is 0 Å². The van der Waals surface area contributed by atoms with Crippen LogP contribution in [0, 0.1) is 12.8 Å². The minimum absolute atomic E-state index is 0.579. The number of hydrogen-bond donors (Lipinski definition) is 2. The SMILES string of the molecule is COc1ccc(CN=C(NCCCC(C)C)NCc2nnc(C)n2C)cc1. The standard InChI is InChI=1S/C20H32N6O/c1-15(2)7-6-12-21-20(23-14-19-25-24-16(3)26(19)4)22-13-17-8-10-18(27-5)11-9-17/h8-11,15H,6-7,12-14H2,1-5H3,(H2,21,22,23). The quantitative estimate of drug-likeness (QED) is 0.402. The molecule has 0 amide bonds. The zero-order valence-electron chi connectivity index (χ0n) is 17.1. The Balaban J connectivity index is 1.97. The fourth-order valence-corrected chi connectivity index (χ4v) is 2.56. The molecule has 0 unspecified atom stereocenters. The van der Waals surface area contributed by atoms with Crippen LogP contribution in [0.25, 0.3) is 0 Å². The molecule has 7 heteroatoms. The highest BCUT2D eigenvalue weighted by Crippen LogP contribution is 2.11. The Labute approximate surface area is 162 Å². The second kappa shape index (κ2) is 10.5. The maximum absolute atomic E-state index is 5.20. The van der Waals surface area contributed by atoms with Crippen molar-refractivity contribution in [2.45, 2.75) is 46.7 Å². The Morgan fingerprint density at radius 1 is 1.19 bits per heavy atom. The van der Waals surface area contributed by atoms with Crippen LogP contribution >= 0.6 is 0 Å². The summed E-state index contributed by atoms with van der Waals surface area (Å²) < 4.78 is 7.18. The number of nitrogens with zero attached hydrogens (tertiary/aromatic N) is 4. The minimum atomic E-state index is 0.579. The predicted molar refractivity (Wildman–Crippen MR) is 109 cm³/mol. The van der Waals surface area contributed by atoms with E-state index in [4.69, 9.17) is 9.73 Å².